The van der Waals surface area contributed by atoms with Gasteiger partial charge >= 0.3 is 0 Å². The van der Waals surface area contributed by atoms with Gasteiger partial charge in [-0.2, -0.15) is 0 Å². The van der Waals surface area contributed by atoms with Crippen molar-refractivity contribution in [1.29, 1.82) is 0 Å². The van der Waals surface area contributed by atoms with E-state index < -0.39 is 0 Å². The molecule has 0 unspecified atom stereocenters. The van der Waals surface area contributed by atoms with Gasteiger partial charge in [-0.25, -0.2) is 4.39 Å². The first-order valence-electron chi connectivity index (χ1n) is 6.62. The Labute approximate surface area is 113 Å². The quantitative estimate of drug-likeness (QED) is 0.904. The highest BCUT2D eigenvalue weighted by molar-refractivity contribution is 6.31. The van der Waals surface area contributed by atoms with Crippen molar-refractivity contribution in [2.45, 2.75) is 25.8 Å². The van der Waals surface area contributed by atoms with Crippen molar-refractivity contribution in [2.75, 3.05) is 26.2 Å². The summed E-state index contributed by atoms with van der Waals surface area (Å²) in [5.74, 6) is -0.265. The van der Waals surface area contributed by atoms with Crippen LogP contribution in [0.4, 0.5) is 4.39 Å². The van der Waals surface area contributed by atoms with Gasteiger partial charge in [0.05, 0.1) is 0 Å². The van der Waals surface area contributed by atoms with Crippen molar-refractivity contribution in [2.24, 2.45) is 0 Å². The standard InChI is InChI=1S/C14H20ClFN2/c1-2-3-14(18-8-6-17-7-9-18)12-5-4-11(16)10-13(12)15/h4-5,10,14,17H,2-3,6-9H2,1H3/t14-/m1/s1. The van der Waals surface area contributed by atoms with Crippen molar-refractivity contribution in [1.82, 2.24) is 10.2 Å². The molecule has 1 aromatic carbocycles. The van der Waals surface area contributed by atoms with E-state index in [0.717, 1.165) is 44.6 Å². The van der Waals surface area contributed by atoms with Gasteiger partial charge in [-0.1, -0.05) is 31.0 Å². The van der Waals surface area contributed by atoms with Gasteiger partial charge < -0.3 is 5.32 Å². The Morgan fingerprint density at radius 3 is 2.72 bits per heavy atom. The lowest BCUT2D eigenvalue weighted by molar-refractivity contribution is 0.164. The van der Waals surface area contributed by atoms with Gasteiger partial charge in [-0.15, -0.1) is 0 Å². The molecule has 18 heavy (non-hydrogen) atoms. The molecule has 0 saturated carbocycles. The van der Waals surface area contributed by atoms with Crippen LogP contribution in [0.5, 0.6) is 0 Å². The molecule has 2 rings (SSSR count). The Bertz CT molecular complexity index is 391. The van der Waals surface area contributed by atoms with Crippen molar-refractivity contribution in [3.8, 4) is 0 Å². The fraction of sp³-hybridized carbons (Fsp3) is 0.571. The molecule has 1 aromatic rings. The zero-order valence-electron chi connectivity index (χ0n) is 10.8. The Hall–Kier alpha value is -0.640. The number of hydrogen-bond acceptors (Lipinski definition) is 2. The smallest absolute Gasteiger partial charge is 0.124 e. The van der Waals surface area contributed by atoms with Crippen LogP contribution in [0.1, 0.15) is 31.4 Å². The molecule has 2 nitrogen and oxygen atoms in total. The van der Waals surface area contributed by atoms with Crippen LogP contribution in [-0.4, -0.2) is 31.1 Å². The largest absolute Gasteiger partial charge is 0.314 e. The number of halogens is 2. The summed E-state index contributed by atoms with van der Waals surface area (Å²) in [6.07, 6.45) is 2.16. The van der Waals surface area contributed by atoms with Gasteiger partial charge in [-0.05, 0) is 24.1 Å². The van der Waals surface area contributed by atoms with E-state index in [1.54, 1.807) is 0 Å². The van der Waals surface area contributed by atoms with Crippen LogP contribution in [0, 0.1) is 5.82 Å². The molecule has 1 fully saturated rings. The topological polar surface area (TPSA) is 15.3 Å². The van der Waals surface area contributed by atoms with E-state index in [2.05, 4.69) is 17.1 Å². The molecular weight excluding hydrogens is 251 g/mol. The molecule has 1 atom stereocenters. The fourth-order valence-corrected chi connectivity index (χ4v) is 2.87. The first-order chi connectivity index (χ1) is 8.72. The molecule has 1 heterocycles. The van der Waals surface area contributed by atoms with E-state index in [1.165, 1.54) is 12.1 Å². The SMILES string of the molecule is CCC[C@H](c1ccc(F)cc1Cl)N1CCNCC1. The summed E-state index contributed by atoms with van der Waals surface area (Å²) in [6.45, 7) is 6.25. The molecule has 0 radical (unpaired) electrons. The van der Waals surface area contributed by atoms with Gasteiger partial charge in [0.2, 0.25) is 0 Å². The lowest BCUT2D eigenvalue weighted by Crippen LogP contribution is -2.45. The van der Waals surface area contributed by atoms with E-state index in [0.29, 0.717) is 11.1 Å². The summed E-state index contributed by atoms with van der Waals surface area (Å²) in [6, 6.07) is 5.07. The van der Waals surface area contributed by atoms with Crippen molar-refractivity contribution in [3.63, 3.8) is 0 Å². The van der Waals surface area contributed by atoms with Crippen molar-refractivity contribution < 1.29 is 4.39 Å². The molecule has 4 heteroatoms. The second kappa shape index (κ2) is 6.50. The lowest BCUT2D eigenvalue weighted by atomic mass is 9.99. The van der Waals surface area contributed by atoms with Crippen LogP contribution in [0.2, 0.25) is 5.02 Å². The molecule has 0 bridgehead atoms. The van der Waals surface area contributed by atoms with Gasteiger partial charge in [0, 0.05) is 37.2 Å². The van der Waals surface area contributed by atoms with Crippen LogP contribution in [0.3, 0.4) is 0 Å². The van der Waals surface area contributed by atoms with E-state index in [1.807, 2.05) is 6.07 Å². The average molecular weight is 271 g/mol. The average Bonchev–Trinajstić information content (AvgIpc) is 2.38. The summed E-state index contributed by atoms with van der Waals surface area (Å²) >= 11 is 6.20. The predicted octanol–water partition coefficient (Wildman–Crippen LogP) is 3.23. The second-order valence-electron chi connectivity index (χ2n) is 4.76. The fourth-order valence-electron chi connectivity index (χ4n) is 2.57. The van der Waals surface area contributed by atoms with E-state index >= 15 is 0 Å². The van der Waals surface area contributed by atoms with Crippen LogP contribution >= 0.6 is 11.6 Å². The molecule has 1 saturated heterocycles. The van der Waals surface area contributed by atoms with Crippen molar-refractivity contribution >= 4 is 11.6 Å². The highest BCUT2D eigenvalue weighted by atomic mass is 35.5. The number of nitrogens with zero attached hydrogens (tertiary/aromatic N) is 1. The molecule has 1 N–H and O–H groups in total. The molecule has 1 aliphatic heterocycles. The van der Waals surface area contributed by atoms with Gasteiger partial charge in [0.15, 0.2) is 0 Å². The molecule has 100 valence electrons. The maximum absolute atomic E-state index is 13.1. The number of hydrogen-bond donors (Lipinski definition) is 1. The zero-order valence-corrected chi connectivity index (χ0v) is 11.5. The van der Waals surface area contributed by atoms with E-state index in [-0.39, 0.29) is 5.82 Å². The summed E-state index contributed by atoms with van der Waals surface area (Å²) in [5, 5.41) is 3.90. The maximum atomic E-state index is 13.1. The summed E-state index contributed by atoms with van der Waals surface area (Å²) in [7, 11) is 0. The zero-order chi connectivity index (χ0) is 13.0. The first-order valence-corrected chi connectivity index (χ1v) is 7.00. The Balaban J connectivity index is 2.22. The Morgan fingerprint density at radius 2 is 2.11 bits per heavy atom. The van der Waals surface area contributed by atoms with Gasteiger partial charge in [0.25, 0.3) is 0 Å². The molecule has 0 aromatic heterocycles. The highest BCUT2D eigenvalue weighted by Gasteiger charge is 2.23. The minimum absolute atomic E-state index is 0.265. The maximum Gasteiger partial charge on any atom is 0.124 e. The third kappa shape index (κ3) is 3.22. The third-order valence-corrected chi connectivity index (χ3v) is 3.80. The summed E-state index contributed by atoms with van der Waals surface area (Å²) in [5.41, 5.74) is 1.06. The second-order valence-corrected chi connectivity index (χ2v) is 5.16. The number of benzene rings is 1. The van der Waals surface area contributed by atoms with Crippen LogP contribution in [0.15, 0.2) is 18.2 Å². The number of rotatable bonds is 4. The first kappa shape index (κ1) is 13.8. The van der Waals surface area contributed by atoms with E-state index in [9.17, 15) is 4.39 Å². The number of nitrogens with one attached hydrogen (secondary N) is 1. The third-order valence-electron chi connectivity index (χ3n) is 3.48. The molecular formula is C14H20ClFN2. The minimum atomic E-state index is -0.265. The predicted molar refractivity (Wildman–Crippen MR) is 73.5 cm³/mol. The molecule has 0 amide bonds. The Kier molecular flexibility index (Phi) is 4.98. The summed E-state index contributed by atoms with van der Waals surface area (Å²) < 4.78 is 13.1. The summed E-state index contributed by atoms with van der Waals surface area (Å²) in [4.78, 5) is 2.44. The van der Waals surface area contributed by atoms with Gasteiger partial charge in [0.1, 0.15) is 5.82 Å². The normalized spacial score (nSPS) is 18.8. The van der Waals surface area contributed by atoms with Crippen LogP contribution in [-0.2, 0) is 0 Å². The Morgan fingerprint density at radius 1 is 1.39 bits per heavy atom. The van der Waals surface area contributed by atoms with Gasteiger partial charge in [-0.3, -0.25) is 4.90 Å². The van der Waals surface area contributed by atoms with Crippen LogP contribution in [0.25, 0.3) is 0 Å². The molecule has 0 aliphatic carbocycles. The van der Waals surface area contributed by atoms with Crippen LogP contribution < -0.4 is 5.32 Å². The minimum Gasteiger partial charge on any atom is -0.314 e. The highest BCUT2D eigenvalue weighted by Crippen LogP contribution is 2.31. The lowest BCUT2D eigenvalue weighted by Gasteiger charge is -2.35. The van der Waals surface area contributed by atoms with E-state index in [4.69, 9.17) is 11.6 Å². The monoisotopic (exact) mass is 270 g/mol. The number of piperazine rings is 1. The molecule has 0 spiro atoms. The van der Waals surface area contributed by atoms with Crippen molar-refractivity contribution in [3.05, 3.63) is 34.6 Å². The molecule has 1 aliphatic rings.